The van der Waals surface area contributed by atoms with Crippen LogP contribution < -0.4 is 5.73 Å². The van der Waals surface area contributed by atoms with Gasteiger partial charge in [0, 0.05) is 0 Å². The Bertz CT molecular complexity index is 527. The summed E-state index contributed by atoms with van der Waals surface area (Å²) in [6.07, 6.45) is 0.620. The van der Waals surface area contributed by atoms with Gasteiger partial charge < -0.3 is 5.73 Å². The Balaban J connectivity index is 2.57. The molecular formula is C14H16N2O3. The first kappa shape index (κ1) is 13.3. The molecule has 5 heteroatoms. The van der Waals surface area contributed by atoms with E-state index in [-0.39, 0.29) is 0 Å². The normalized spacial score (nSPS) is 14.7. The first-order chi connectivity index (χ1) is 8.99. The molecule has 0 spiro atoms. The van der Waals surface area contributed by atoms with Gasteiger partial charge in [-0.25, -0.2) is 0 Å². The zero-order valence-electron chi connectivity index (χ0n) is 11.0. The first-order valence-corrected chi connectivity index (χ1v) is 6.27. The highest BCUT2D eigenvalue weighted by atomic mass is 16.2. The minimum atomic E-state index is -1.24. The predicted molar refractivity (Wildman–Crippen MR) is 69.4 cm³/mol. The van der Waals surface area contributed by atoms with Crippen LogP contribution in [0.4, 0.5) is 0 Å². The van der Waals surface area contributed by atoms with Crippen LogP contribution >= 0.6 is 0 Å². The van der Waals surface area contributed by atoms with Crippen molar-refractivity contribution in [2.24, 2.45) is 5.73 Å². The zero-order chi connectivity index (χ0) is 14.2. The van der Waals surface area contributed by atoms with Gasteiger partial charge in [-0.3, -0.25) is 19.3 Å². The van der Waals surface area contributed by atoms with Crippen LogP contribution in [0.15, 0.2) is 24.3 Å². The highest BCUT2D eigenvalue weighted by molar-refractivity contribution is 6.23. The van der Waals surface area contributed by atoms with Gasteiger partial charge in [0.1, 0.15) is 5.54 Å². The van der Waals surface area contributed by atoms with E-state index in [1.807, 2.05) is 0 Å². The molecule has 0 aromatic heterocycles. The fourth-order valence-electron chi connectivity index (χ4n) is 2.60. The third-order valence-electron chi connectivity index (χ3n) is 3.85. The lowest BCUT2D eigenvalue weighted by Gasteiger charge is -2.36. The van der Waals surface area contributed by atoms with Crippen molar-refractivity contribution in [2.45, 2.75) is 32.2 Å². The van der Waals surface area contributed by atoms with Crippen LogP contribution in [0.3, 0.4) is 0 Å². The molecule has 2 N–H and O–H groups in total. The number of nitrogens with zero attached hydrogens (tertiary/aromatic N) is 1. The Morgan fingerprint density at radius 2 is 1.53 bits per heavy atom. The molecule has 0 radical (unpaired) electrons. The molecule has 3 amide bonds. The minimum absolute atomic E-state index is 0.310. The number of nitrogens with two attached hydrogens (primary N) is 1. The molecule has 19 heavy (non-hydrogen) atoms. The summed E-state index contributed by atoms with van der Waals surface area (Å²) in [6.45, 7) is 3.50. The van der Waals surface area contributed by atoms with Crippen LogP contribution in [0.25, 0.3) is 0 Å². The summed E-state index contributed by atoms with van der Waals surface area (Å²) in [4.78, 5) is 37.6. The van der Waals surface area contributed by atoms with Gasteiger partial charge in [0.05, 0.1) is 11.1 Å². The molecule has 0 saturated heterocycles. The average molecular weight is 260 g/mol. The second-order valence-electron chi connectivity index (χ2n) is 4.59. The topological polar surface area (TPSA) is 80.5 Å². The number of rotatable bonds is 4. The fraction of sp³-hybridized carbons (Fsp3) is 0.357. The fourth-order valence-corrected chi connectivity index (χ4v) is 2.60. The van der Waals surface area contributed by atoms with Crippen LogP contribution in [0, 0.1) is 0 Å². The van der Waals surface area contributed by atoms with Gasteiger partial charge in [0.2, 0.25) is 5.91 Å². The summed E-state index contributed by atoms with van der Waals surface area (Å²) >= 11 is 0. The molecule has 0 atom stereocenters. The SMILES string of the molecule is CCC(CC)(C(N)=O)N1C(=O)c2ccccc2C1=O. The van der Waals surface area contributed by atoms with Crippen molar-refractivity contribution in [2.75, 3.05) is 0 Å². The monoisotopic (exact) mass is 260 g/mol. The van der Waals surface area contributed by atoms with Crippen LogP contribution in [-0.2, 0) is 4.79 Å². The summed E-state index contributed by atoms with van der Waals surface area (Å²) in [7, 11) is 0. The van der Waals surface area contributed by atoms with Crippen molar-refractivity contribution in [3.8, 4) is 0 Å². The lowest BCUT2D eigenvalue weighted by atomic mass is 9.89. The van der Waals surface area contributed by atoms with Gasteiger partial charge in [-0.2, -0.15) is 0 Å². The number of hydrogen-bond donors (Lipinski definition) is 1. The zero-order valence-corrected chi connectivity index (χ0v) is 11.0. The Kier molecular flexibility index (Phi) is 3.14. The van der Waals surface area contributed by atoms with Crippen LogP contribution in [0.1, 0.15) is 47.4 Å². The second-order valence-corrected chi connectivity index (χ2v) is 4.59. The molecule has 1 aliphatic rings. The van der Waals surface area contributed by atoms with Crippen molar-refractivity contribution in [3.05, 3.63) is 35.4 Å². The summed E-state index contributed by atoms with van der Waals surface area (Å²) in [5, 5.41) is 0. The van der Waals surface area contributed by atoms with E-state index in [1.54, 1.807) is 38.1 Å². The van der Waals surface area contributed by atoms with Crippen LogP contribution in [0.2, 0.25) is 0 Å². The molecule has 0 aliphatic carbocycles. The quantitative estimate of drug-likeness (QED) is 0.829. The average Bonchev–Trinajstić information content (AvgIpc) is 2.66. The maximum absolute atomic E-state index is 12.4. The van der Waals surface area contributed by atoms with E-state index in [0.717, 1.165) is 4.90 Å². The van der Waals surface area contributed by atoms with Gasteiger partial charge in [0.25, 0.3) is 11.8 Å². The van der Waals surface area contributed by atoms with E-state index >= 15 is 0 Å². The summed E-state index contributed by atoms with van der Waals surface area (Å²) in [5.41, 5.74) is 4.87. The number of benzene rings is 1. The Morgan fingerprint density at radius 1 is 1.11 bits per heavy atom. The third-order valence-corrected chi connectivity index (χ3v) is 3.85. The van der Waals surface area contributed by atoms with E-state index in [9.17, 15) is 14.4 Å². The third kappa shape index (κ3) is 1.65. The van der Waals surface area contributed by atoms with Crippen molar-refractivity contribution in [1.29, 1.82) is 0 Å². The molecule has 0 bridgehead atoms. The maximum atomic E-state index is 12.4. The molecule has 0 saturated carbocycles. The minimum Gasteiger partial charge on any atom is -0.368 e. The predicted octanol–water partition coefficient (Wildman–Crippen LogP) is 1.33. The Hall–Kier alpha value is -2.17. The van der Waals surface area contributed by atoms with Crippen molar-refractivity contribution < 1.29 is 14.4 Å². The smallest absolute Gasteiger partial charge is 0.262 e. The molecule has 0 unspecified atom stereocenters. The highest BCUT2D eigenvalue weighted by Gasteiger charge is 2.50. The van der Waals surface area contributed by atoms with E-state index in [4.69, 9.17) is 5.73 Å². The molecule has 1 aromatic rings. The lowest BCUT2D eigenvalue weighted by Crippen LogP contribution is -2.59. The number of hydrogen-bond acceptors (Lipinski definition) is 3. The molecule has 1 aliphatic heterocycles. The summed E-state index contributed by atoms with van der Waals surface area (Å²) in [5.74, 6) is -1.53. The molecular weight excluding hydrogens is 244 g/mol. The number of amides is 3. The number of primary amides is 1. The van der Waals surface area contributed by atoms with E-state index in [0.29, 0.717) is 24.0 Å². The van der Waals surface area contributed by atoms with Crippen LogP contribution in [0.5, 0.6) is 0 Å². The number of carbonyl (C=O) groups is 3. The Labute approximate surface area is 111 Å². The lowest BCUT2D eigenvalue weighted by molar-refractivity contribution is -0.128. The van der Waals surface area contributed by atoms with E-state index in [1.165, 1.54) is 0 Å². The largest absolute Gasteiger partial charge is 0.368 e. The molecule has 2 rings (SSSR count). The first-order valence-electron chi connectivity index (χ1n) is 6.27. The molecule has 0 fully saturated rings. The number of imide groups is 1. The molecule has 5 nitrogen and oxygen atoms in total. The number of carbonyl (C=O) groups excluding carboxylic acids is 3. The van der Waals surface area contributed by atoms with Gasteiger partial charge in [-0.1, -0.05) is 26.0 Å². The van der Waals surface area contributed by atoms with E-state index in [2.05, 4.69) is 0 Å². The van der Waals surface area contributed by atoms with Gasteiger partial charge in [-0.05, 0) is 25.0 Å². The second kappa shape index (κ2) is 4.50. The van der Waals surface area contributed by atoms with Gasteiger partial charge in [0.15, 0.2) is 0 Å². The standard InChI is InChI=1S/C14H16N2O3/c1-3-14(4-2,13(15)19)16-11(17)9-7-5-6-8-10(9)12(16)18/h5-8H,3-4H2,1-2H3,(H2,15,19). The summed E-state index contributed by atoms with van der Waals surface area (Å²) < 4.78 is 0. The van der Waals surface area contributed by atoms with Gasteiger partial charge >= 0.3 is 0 Å². The highest BCUT2D eigenvalue weighted by Crippen LogP contribution is 2.33. The van der Waals surface area contributed by atoms with Crippen molar-refractivity contribution in [1.82, 2.24) is 4.90 Å². The van der Waals surface area contributed by atoms with Crippen molar-refractivity contribution >= 4 is 17.7 Å². The van der Waals surface area contributed by atoms with E-state index < -0.39 is 23.3 Å². The Morgan fingerprint density at radius 3 is 1.84 bits per heavy atom. The molecule has 1 heterocycles. The van der Waals surface area contributed by atoms with Gasteiger partial charge in [-0.15, -0.1) is 0 Å². The molecule has 1 aromatic carbocycles. The molecule has 100 valence electrons. The maximum Gasteiger partial charge on any atom is 0.262 e. The number of fused-ring (bicyclic) bond motifs is 1. The summed E-state index contributed by atoms with van der Waals surface area (Å²) in [6, 6.07) is 6.56. The van der Waals surface area contributed by atoms with Crippen molar-refractivity contribution in [3.63, 3.8) is 0 Å². The van der Waals surface area contributed by atoms with Crippen LogP contribution in [-0.4, -0.2) is 28.2 Å².